The molecule has 0 unspecified atom stereocenters. The van der Waals surface area contributed by atoms with Gasteiger partial charge in [0.15, 0.2) is 11.5 Å². The first-order valence-electron chi connectivity index (χ1n) is 9.39. The molecule has 0 aliphatic carbocycles. The number of carbonyl (C=O) groups is 1. The average molecular weight is 632 g/mol. The molecule has 1 N–H and O–H groups in total. The van der Waals surface area contributed by atoms with Crippen molar-refractivity contribution in [3.05, 3.63) is 95.5 Å². The van der Waals surface area contributed by atoms with Crippen LogP contribution in [0.15, 0.2) is 73.1 Å². The van der Waals surface area contributed by atoms with Crippen molar-refractivity contribution in [2.75, 3.05) is 0 Å². The number of nitrogens with one attached hydrogen (secondary N) is 1. The van der Waals surface area contributed by atoms with E-state index in [2.05, 4.69) is 42.4 Å². The highest BCUT2D eigenvalue weighted by Crippen LogP contribution is 2.35. The van der Waals surface area contributed by atoms with E-state index in [1.807, 2.05) is 30.3 Å². The first kappa shape index (κ1) is 24.1. The van der Waals surface area contributed by atoms with E-state index in [0.717, 1.165) is 19.9 Å². The highest BCUT2D eigenvalue weighted by molar-refractivity contribution is 9.11. The van der Waals surface area contributed by atoms with Crippen molar-refractivity contribution in [1.29, 1.82) is 0 Å². The Balaban J connectivity index is 1.43. The Hall–Kier alpha value is -2.03. The summed E-state index contributed by atoms with van der Waals surface area (Å²) in [6.45, 7) is 0.215. The Morgan fingerprint density at radius 3 is 2.48 bits per heavy atom. The van der Waals surface area contributed by atoms with Crippen LogP contribution >= 0.6 is 66.7 Å². The van der Waals surface area contributed by atoms with E-state index in [9.17, 15) is 4.79 Å². The second kappa shape index (κ2) is 10.5. The maximum absolute atomic E-state index is 12.4. The number of hydrazone groups is 1. The fourth-order valence-corrected chi connectivity index (χ4v) is 5.11. The molecule has 5 nitrogen and oxygen atoms in total. The molecule has 0 spiro atoms. The summed E-state index contributed by atoms with van der Waals surface area (Å²) in [6, 6.07) is 15.9. The Morgan fingerprint density at radius 2 is 1.76 bits per heavy atom. The molecule has 0 fully saturated rings. The van der Waals surface area contributed by atoms with Crippen LogP contribution in [-0.2, 0) is 6.61 Å². The topological polar surface area (TPSA) is 63.8 Å². The number of ether oxygens (including phenoxy) is 1. The van der Waals surface area contributed by atoms with E-state index < -0.39 is 5.91 Å². The van der Waals surface area contributed by atoms with E-state index in [-0.39, 0.29) is 12.4 Å². The van der Waals surface area contributed by atoms with Crippen LogP contribution in [0.2, 0.25) is 15.1 Å². The van der Waals surface area contributed by atoms with Crippen molar-refractivity contribution < 1.29 is 13.9 Å². The minimum Gasteiger partial charge on any atom is -0.486 e. The molecule has 0 aliphatic rings. The van der Waals surface area contributed by atoms with Crippen LogP contribution in [-0.4, -0.2) is 12.1 Å². The van der Waals surface area contributed by atoms with Gasteiger partial charge in [-0.3, -0.25) is 4.79 Å². The molecule has 1 aromatic heterocycles. The molecule has 4 rings (SSSR count). The van der Waals surface area contributed by atoms with E-state index in [4.69, 9.17) is 44.0 Å². The van der Waals surface area contributed by atoms with Gasteiger partial charge in [-0.25, -0.2) is 5.43 Å². The van der Waals surface area contributed by atoms with Gasteiger partial charge in [-0.1, -0.05) is 68.9 Å². The molecule has 0 atom stereocenters. The molecule has 10 heteroatoms. The molecule has 0 bridgehead atoms. The zero-order valence-electron chi connectivity index (χ0n) is 16.5. The smallest absolute Gasteiger partial charge is 0.307 e. The average Bonchev–Trinajstić information content (AvgIpc) is 3.19. The summed E-state index contributed by atoms with van der Waals surface area (Å²) in [7, 11) is 0. The summed E-state index contributed by atoms with van der Waals surface area (Å²) < 4.78 is 13.0. The first-order valence-corrected chi connectivity index (χ1v) is 12.1. The number of furan rings is 1. The number of rotatable bonds is 6. The quantitative estimate of drug-likeness (QED) is 0.172. The van der Waals surface area contributed by atoms with Crippen molar-refractivity contribution >= 4 is 89.8 Å². The molecule has 0 saturated heterocycles. The van der Waals surface area contributed by atoms with Crippen LogP contribution in [0.5, 0.6) is 5.75 Å². The van der Waals surface area contributed by atoms with Crippen LogP contribution in [0.1, 0.15) is 21.7 Å². The summed E-state index contributed by atoms with van der Waals surface area (Å²) in [4.78, 5) is 12.4. The number of halogens is 5. The molecular weight excluding hydrogens is 618 g/mol. The minimum absolute atomic E-state index is 0.125. The Bertz CT molecular complexity index is 1370. The molecule has 168 valence electrons. The van der Waals surface area contributed by atoms with E-state index in [0.29, 0.717) is 32.0 Å². The van der Waals surface area contributed by atoms with Gasteiger partial charge >= 0.3 is 5.91 Å². The van der Waals surface area contributed by atoms with Crippen LogP contribution in [0.25, 0.3) is 11.0 Å². The van der Waals surface area contributed by atoms with Gasteiger partial charge < -0.3 is 9.15 Å². The van der Waals surface area contributed by atoms with Gasteiger partial charge in [-0.05, 0) is 57.9 Å². The number of hydrogen-bond donors (Lipinski definition) is 1. The van der Waals surface area contributed by atoms with E-state index in [1.54, 1.807) is 24.3 Å². The zero-order valence-corrected chi connectivity index (χ0v) is 22.0. The number of carbonyl (C=O) groups excluding carboxylic acids is 1. The van der Waals surface area contributed by atoms with Crippen molar-refractivity contribution in [3.8, 4) is 5.75 Å². The fourth-order valence-electron chi connectivity index (χ4n) is 2.97. The van der Waals surface area contributed by atoms with Crippen LogP contribution in [0, 0.1) is 0 Å². The number of benzene rings is 3. The molecule has 0 radical (unpaired) electrons. The standard InChI is InChI=1S/C23H13Br2Cl3N2O3/c24-15-7-14-8-20(33-21(14)16(25)9-15)23(31)30-29-10-12-5-18(27)22(19(28)6-12)32-11-13-3-1-2-4-17(13)26/h1-10H,11H2,(H,30,31)/b29-10-. The van der Waals surface area contributed by atoms with Crippen molar-refractivity contribution in [3.63, 3.8) is 0 Å². The highest BCUT2D eigenvalue weighted by Gasteiger charge is 2.15. The monoisotopic (exact) mass is 628 g/mol. The lowest BCUT2D eigenvalue weighted by Crippen LogP contribution is -2.16. The number of amides is 1. The molecule has 3 aromatic carbocycles. The van der Waals surface area contributed by atoms with Crippen molar-refractivity contribution in [2.45, 2.75) is 6.61 Å². The molecule has 0 aliphatic heterocycles. The lowest BCUT2D eigenvalue weighted by atomic mass is 10.2. The Morgan fingerprint density at radius 1 is 1.03 bits per heavy atom. The maximum atomic E-state index is 12.4. The van der Waals surface area contributed by atoms with Gasteiger partial charge in [-0.2, -0.15) is 5.10 Å². The van der Waals surface area contributed by atoms with Gasteiger partial charge in [0, 0.05) is 20.4 Å². The van der Waals surface area contributed by atoms with Gasteiger partial charge in [-0.15, -0.1) is 0 Å². The van der Waals surface area contributed by atoms with E-state index in [1.165, 1.54) is 6.21 Å². The highest BCUT2D eigenvalue weighted by atomic mass is 79.9. The second-order valence-electron chi connectivity index (χ2n) is 6.81. The third-order valence-corrected chi connectivity index (χ3v) is 6.47. The first-order chi connectivity index (χ1) is 15.8. The van der Waals surface area contributed by atoms with Crippen molar-refractivity contribution in [2.24, 2.45) is 5.10 Å². The minimum atomic E-state index is -0.498. The number of fused-ring (bicyclic) bond motifs is 1. The van der Waals surface area contributed by atoms with Gasteiger partial charge in [0.25, 0.3) is 0 Å². The van der Waals surface area contributed by atoms with Crippen LogP contribution in [0.4, 0.5) is 0 Å². The zero-order chi connectivity index (χ0) is 23.5. The predicted octanol–water partition coefficient (Wildman–Crippen LogP) is 8.26. The lowest BCUT2D eigenvalue weighted by molar-refractivity contribution is 0.0929. The third-order valence-electron chi connectivity index (χ3n) is 4.49. The second-order valence-corrected chi connectivity index (χ2v) is 9.80. The van der Waals surface area contributed by atoms with Gasteiger partial charge in [0.1, 0.15) is 12.2 Å². The summed E-state index contributed by atoms with van der Waals surface area (Å²) in [5.74, 6) is -0.0406. The Kier molecular flexibility index (Phi) is 7.66. The number of hydrogen-bond acceptors (Lipinski definition) is 4. The molecule has 0 saturated carbocycles. The van der Waals surface area contributed by atoms with E-state index >= 15 is 0 Å². The van der Waals surface area contributed by atoms with Crippen molar-refractivity contribution in [1.82, 2.24) is 5.43 Å². The lowest BCUT2D eigenvalue weighted by Gasteiger charge is -2.11. The third kappa shape index (κ3) is 5.73. The summed E-state index contributed by atoms with van der Waals surface area (Å²) in [5.41, 5.74) is 4.38. The summed E-state index contributed by atoms with van der Waals surface area (Å²) in [5, 5.41) is 5.93. The molecule has 1 heterocycles. The largest absolute Gasteiger partial charge is 0.486 e. The van der Waals surface area contributed by atoms with Crippen LogP contribution in [0.3, 0.4) is 0 Å². The fraction of sp³-hybridized carbons (Fsp3) is 0.0435. The molecule has 33 heavy (non-hydrogen) atoms. The summed E-state index contributed by atoms with van der Waals surface area (Å²) >= 11 is 25.6. The van der Waals surface area contributed by atoms with Crippen LogP contribution < -0.4 is 10.2 Å². The molecule has 1 amide bonds. The summed E-state index contributed by atoms with van der Waals surface area (Å²) in [6.07, 6.45) is 1.42. The SMILES string of the molecule is O=C(N/N=C\c1cc(Cl)c(OCc2ccccc2Cl)c(Cl)c1)c1cc2cc(Br)cc(Br)c2o1. The Labute approximate surface area is 220 Å². The van der Waals surface area contributed by atoms with Gasteiger partial charge in [0.05, 0.1) is 20.7 Å². The maximum Gasteiger partial charge on any atom is 0.307 e. The predicted molar refractivity (Wildman–Crippen MR) is 139 cm³/mol. The number of nitrogens with zero attached hydrogens (tertiary/aromatic N) is 1. The molecular formula is C23H13Br2Cl3N2O3. The normalized spacial score (nSPS) is 11.3. The molecule has 4 aromatic rings. The van der Waals surface area contributed by atoms with Gasteiger partial charge in [0.2, 0.25) is 0 Å².